The molecule has 0 atom stereocenters. The van der Waals surface area contributed by atoms with Gasteiger partial charge in [0.1, 0.15) is 0 Å². The lowest BCUT2D eigenvalue weighted by molar-refractivity contribution is -0.123. The molecule has 0 aliphatic carbocycles. The highest BCUT2D eigenvalue weighted by molar-refractivity contribution is 5.99. The van der Waals surface area contributed by atoms with Gasteiger partial charge < -0.3 is 0 Å². The van der Waals surface area contributed by atoms with Crippen LogP contribution in [0.5, 0.6) is 0 Å². The van der Waals surface area contributed by atoms with E-state index >= 15 is 0 Å². The maximum absolute atomic E-state index is 11.9. The van der Waals surface area contributed by atoms with Crippen molar-refractivity contribution in [2.24, 2.45) is 10.2 Å². The predicted molar refractivity (Wildman–Crippen MR) is 122 cm³/mol. The van der Waals surface area contributed by atoms with E-state index in [1.165, 1.54) is 11.1 Å². The molecule has 6 heteroatoms. The monoisotopic (exact) mass is 406 g/mol. The molecule has 0 aliphatic heterocycles. The van der Waals surface area contributed by atoms with E-state index in [0.29, 0.717) is 25.7 Å². The number of carbonyl (C=O) groups excluding carboxylic acids is 2. The van der Waals surface area contributed by atoms with Gasteiger partial charge in [0.15, 0.2) is 0 Å². The number of carbonyl (C=O) groups is 2. The maximum atomic E-state index is 11.9. The molecular formula is C24H30N4O2. The van der Waals surface area contributed by atoms with Crippen molar-refractivity contribution < 1.29 is 9.59 Å². The lowest BCUT2D eigenvalue weighted by Gasteiger charge is -2.05. The van der Waals surface area contributed by atoms with Crippen LogP contribution < -0.4 is 10.9 Å². The highest BCUT2D eigenvalue weighted by Crippen LogP contribution is 2.06. The molecule has 2 aromatic carbocycles. The Balaban J connectivity index is 1.66. The van der Waals surface area contributed by atoms with E-state index in [1.807, 2.05) is 76.2 Å². The maximum Gasteiger partial charge on any atom is 0.240 e. The molecule has 0 unspecified atom stereocenters. The SMILES string of the molecule is C/C(=N/NC(=O)CCCCC(=O)N/N=C(\C)c1ccc(C)cc1)c1ccc(C)cc1. The van der Waals surface area contributed by atoms with Gasteiger partial charge in [-0.25, -0.2) is 10.9 Å². The van der Waals surface area contributed by atoms with E-state index in [0.717, 1.165) is 22.6 Å². The minimum Gasteiger partial charge on any atom is -0.273 e. The highest BCUT2D eigenvalue weighted by atomic mass is 16.2. The lowest BCUT2D eigenvalue weighted by atomic mass is 10.1. The second kappa shape index (κ2) is 11.7. The molecule has 0 aliphatic rings. The van der Waals surface area contributed by atoms with E-state index in [-0.39, 0.29) is 11.8 Å². The predicted octanol–water partition coefficient (Wildman–Crippen LogP) is 4.24. The summed E-state index contributed by atoms with van der Waals surface area (Å²) in [6.45, 7) is 7.76. The third kappa shape index (κ3) is 7.99. The summed E-state index contributed by atoms with van der Waals surface area (Å²) < 4.78 is 0. The first kappa shape index (κ1) is 23.0. The quantitative estimate of drug-likeness (QED) is 0.371. The number of amides is 2. The van der Waals surface area contributed by atoms with Crippen LogP contribution >= 0.6 is 0 Å². The third-order valence-electron chi connectivity index (χ3n) is 4.69. The zero-order valence-corrected chi connectivity index (χ0v) is 18.2. The second-order valence-electron chi connectivity index (χ2n) is 7.40. The Morgan fingerprint density at radius 1 is 0.667 bits per heavy atom. The molecule has 2 aromatic rings. The molecule has 0 saturated carbocycles. The minimum atomic E-state index is -0.157. The van der Waals surface area contributed by atoms with Gasteiger partial charge in [-0.2, -0.15) is 10.2 Å². The number of hydrogen-bond donors (Lipinski definition) is 2. The molecule has 2 rings (SSSR count). The number of aryl methyl sites for hydroxylation is 2. The highest BCUT2D eigenvalue weighted by Gasteiger charge is 2.05. The van der Waals surface area contributed by atoms with Crippen LogP contribution in [0, 0.1) is 13.8 Å². The zero-order chi connectivity index (χ0) is 21.9. The van der Waals surface area contributed by atoms with Crippen LogP contribution in [0.3, 0.4) is 0 Å². The molecule has 0 heterocycles. The average molecular weight is 407 g/mol. The fourth-order valence-electron chi connectivity index (χ4n) is 2.69. The van der Waals surface area contributed by atoms with Crippen molar-refractivity contribution in [3.63, 3.8) is 0 Å². The van der Waals surface area contributed by atoms with Crippen molar-refractivity contribution in [1.29, 1.82) is 0 Å². The van der Waals surface area contributed by atoms with Gasteiger partial charge in [-0.1, -0.05) is 59.7 Å². The average Bonchev–Trinajstić information content (AvgIpc) is 2.74. The smallest absolute Gasteiger partial charge is 0.240 e. The van der Waals surface area contributed by atoms with E-state index in [1.54, 1.807) is 0 Å². The number of unbranched alkanes of at least 4 members (excludes halogenated alkanes) is 1. The van der Waals surface area contributed by atoms with Crippen molar-refractivity contribution in [2.45, 2.75) is 53.4 Å². The largest absolute Gasteiger partial charge is 0.273 e. The van der Waals surface area contributed by atoms with Crippen molar-refractivity contribution in [3.8, 4) is 0 Å². The van der Waals surface area contributed by atoms with Gasteiger partial charge in [0, 0.05) is 12.8 Å². The number of hydrazone groups is 2. The molecule has 0 radical (unpaired) electrons. The summed E-state index contributed by atoms with van der Waals surface area (Å²) in [5.41, 5.74) is 10.9. The zero-order valence-electron chi connectivity index (χ0n) is 18.2. The van der Waals surface area contributed by atoms with E-state index in [9.17, 15) is 9.59 Å². The first-order valence-corrected chi connectivity index (χ1v) is 10.2. The van der Waals surface area contributed by atoms with Gasteiger partial charge in [0.2, 0.25) is 11.8 Å². The van der Waals surface area contributed by atoms with Gasteiger partial charge >= 0.3 is 0 Å². The topological polar surface area (TPSA) is 82.9 Å². The molecule has 6 nitrogen and oxygen atoms in total. The Kier molecular flexibility index (Phi) is 8.94. The fraction of sp³-hybridized carbons (Fsp3) is 0.333. The van der Waals surface area contributed by atoms with Gasteiger partial charge in [0.05, 0.1) is 11.4 Å². The molecule has 0 spiro atoms. The third-order valence-corrected chi connectivity index (χ3v) is 4.69. The van der Waals surface area contributed by atoms with Crippen LogP contribution in [-0.2, 0) is 9.59 Å². The molecular weight excluding hydrogens is 376 g/mol. The summed E-state index contributed by atoms with van der Waals surface area (Å²) in [6.07, 6.45) is 1.87. The first-order valence-electron chi connectivity index (χ1n) is 10.2. The number of benzene rings is 2. The number of hydrogen-bond acceptors (Lipinski definition) is 4. The van der Waals surface area contributed by atoms with Crippen molar-refractivity contribution >= 4 is 23.2 Å². The molecule has 2 N–H and O–H groups in total. The van der Waals surface area contributed by atoms with Crippen molar-refractivity contribution in [3.05, 3.63) is 70.8 Å². The molecule has 0 saturated heterocycles. The summed E-state index contributed by atoms with van der Waals surface area (Å²) in [5, 5.41) is 8.28. The Bertz CT molecular complexity index is 836. The Hall–Kier alpha value is -3.28. The fourth-order valence-corrected chi connectivity index (χ4v) is 2.69. The molecule has 0 fully saturated rings. The van der Waals surface area contributed by atoms with Crippen LogP contribution in [-0.4, -0.2) is 23.2 Å². The molecule has 0 bridgehead atoms. The van der Waals surface area contributed by atoms with E-state index < -0.39 is 0 Å². The van der Waals surface area contributed by atoms with Crippen LogP contribution in [0.2, 0.25) is 0 Å². The summed E-state index contributed by atoms with van der Waals surface area (Å²) in [5.74, 6) is -0.315. The van der Waals surface area contributed by atoms with Crippen LogP contribution in [0.4, 0.5) is 0 Å². The molecule has 158 valence electrons. The lowest BCUT2D eigenvalue weighted by Crippen LogP contribution is -2.20. The Labute approximate surface area is 178 Å². The Morgan fingerprint density at radius 3 is 1.33 bits per heavy atom. The number of rotatable bonds is 9. The number of nitrogens with one attached hydrogen (secondary N) is 2. The molecule has 0 aromatic heterocycles. The second-order valence-corrected chi connectivity index (χ2v) is 7.40. The summed E-state index contributed by atoms with van der Waals surface area (Å²) >= 11 is 0. The van der Waals surface area contributed by atoms with Crippen LogP contribution in [0.15, 0.2) is 58.7 Å². The van der Waals surface area contributed by atoms with Crippen molar-refractivity contribution in [2.75, 3.05) is 0 Å². The molecule has 30 heavy (non-hydrogen) atoms. The standard InChI is InChI=1S/C24H30N4O2/c1-17-9-13-21(14-10-17)19(3)25-27-23(29)7-5-6-8-24(30)28-26-20(4)22-15-11-18(2)12-16-22/h9-16H,5-8H2,1-4H3,(H,27,29)(H,28,30)/b25-19-,26-20+. The van der Waals surface area contributed by atoms with Crippen molar-refractivity contribution in [1.82, 2.24) is 10.9 Å². The van der Waals surface area contributed by atoms with E-state index in [4.69, 9.17) is 0 Å². The van der Waals surface area contributed by atoms with Gasteiger partial charge in [-0.05, 0) is 51.7 Å². The summed E-state index contributed by atoms with van der Waals surface area (Å²) in [7, 11) is 0. The summed E-state index contributed by atoms with van der Waals surface area (Å²) in [6, 6.07) is 15.9. The summed E-state index contributed by atoms with van der Waals surface area (Å²) in [4.78, 5) is 23.9. The van der Waals surface area contributed by atoms with Gasteiger partial charge in [0.25, 0.3) is 0 Å². The van der Waals surface area contributed by atoms with Crippen LogP contribution in [0.1, 0.15) is 61.8 Å². The minimum absolute atomic E-state index is 0.157. The van der Waals surface area contributed by atoms with E-state index in [2.05, 4.69) is 21.1 Å². The Morgan fingerprint density at radius 2 is 1.00 bits per heavy atom. The normalized spacial score (nSPS) is 11.9. The van der Waals surface area contributed by atoms with Gasteiger partial charge in [-0.3, -0.25) is 9.59 Å². The first-order chi connectivity index (χ1) is 14.3. The molecule has 2 amide bonds. The number of nitrogens with zero attached hydrogens (tertiary/aromatic N) is 2. The van der Waals surface area contributed by atoms with Gasteiger partial charge in [-0.15, -0.1) is 0 Å². The van der Waals surface area contributed by atoms with Crippen LogP contribution in [0.25, 0.3) is 0 Å².